The number of ether oxygens (including phenoxy) is 1. The lowest BCUT2D eigenvalue weighted by atomic mass is 10.1. The van der Waals surface area contributed by atoms with Crippen molar-refractivity contribution in [1.82, 2.24) is 10.1 Å². The van der Waals surface area contributed by atoms with Gasteiger partial charge in [-0.05, 0) is 5.16 Å². The molecule has 1 amide bonds. The molecule has 0 fully saturated rings. The minimum atomic E-state index is -0.963. The van der Waals surface area contributed by atoms with E-state index in [4.69, 9.17) is 20.8 Å². The summed E-state index contributed by atoms with van der Waals surface area (Å²) in [5, 5.41) is 12.6. The van der Waals surface area contributed by atoms with Gasteiger partial charge in [0.25, 0.3) is 5.88 Å². The van der Waals surface area contributed by atoms with E-state index in [0.29, 0.717) is 30.2 Å². The molecule has 1 N–H and O–H groups in total. The lowest BCUT2D eigenvalue weighted by molar-refractivity contribution is 0.137. The molecule has 0 radical (unpaired) electrons. The minimum absolute atomic E-state index is 0.0893. The summed E-state index contributed by atoms with van der Waals surface area (Å²) < 4.78 is 10.2. The zero-order valence-electron chi connectivity index (χ0n) is 8.47. The summed E-state index contributed by atoms with van der Waals surface area (Å²) in [5.41, 5.74) is 0.670. The number of hydrogen-bond acceptors (Lipinski definition) is 4. The Morgan fingerprint density at radius 3 is 3.25 bits per heavy atom. The van der Waals surface area contributed by atoms with Crippen LogP contribution in [-0.2, 0) is 13.0 Å². The van der Waals surface area contributed by atoms with Gasteiger partial charge in [0.1, 0.15) is 5.76 Å². The summed E-state index contributed by atoms with van der Waals surface area (Å²) in [6, 6.07) is 0. The highest BCUT2D eigenvalue weighted by Gasteiger charge is 2.27. The number of terminal acetylenes is 1. The molecular formula is C10H10N2O4. The van der Waals surface area contributed by atoms with Crippen LogP contribution in [0.25, 0.3) is 0 Å². The first-order valence-corrected chi connectivity index (χ1v) is 4.74. The van der Waals surface area contributed by atoms with Crippen LogP contribution in [0.5, 0.6) is 5.88 Å². The average molecular weight is 222 g/mol. The van der Waals surface area contributed by atoms with Gasteiger partial charge in [0.05, 0.1) is 12.1 Å². The van der Waals surface area contributed by atoms with E-state index in [9.17, 15) is 4.79 Å². The Morgan fingerprint density at radius 1 is 1.75 bits per heavy atom. The van der Waals surface area contributed by atoms with Crippen molar-refractivity contribution in [1.29, 1.82) is 0 Å². The van der Waals surface area contributed by atoms with Gasteiger partial charge in [0, 0.05) is 13.0 Å². The van der Waals surface area contributed by atoms with Crippen LogP contribution in [-0.4, -0.2) is 34.4 Å². The molecule has 0 saturated carbocycles. The zero-order valence-corrected chi connectivity index (χ0v) is 8.47. The van der Waals surface area contributed by atoms with E-state index in [1.807, 2.05) is 0 Å². The predicted molar refractivity (Wildman–Crippen MR) is 53.0 cm³/mol. The average Bonchev–Trinajstić information content (AvgIpc) is 2.68. The standard InChI is InChI=1S/C10H10N2O4/c1-2-5-15-9-7-6-12(10(13)14)4-3-8(7)16-11-9/h1H,3-6H2,(H,13,14). The molecule has 1 aromatic rings. The number of carbonyl (C=O) groups is 1. The lowest BCUT2D eigenvalue weighted by Crippen LogP contribution is -2.34. The van der Waals surface area contributed by atoms with Crippen molar-refractivity contribution < 1.29 is 19.2 Å². The fourth-order valence-electron chi connectivity index (χ4n) is 1.57. The van der Waals surface area contributed by atoms with Crippen LogP contribution in [0.2, 0.25) is 0 Å². The van der Waals surface area contributed by atoms with E-state index in [1.165, 1.54) is 4.90 Å². The molecule has 0 bridgehead atoms. The first-order chi connectivity index (χ1) is 7.72. The number of rotatable bonds is 2. The Kier molecular flexibility index (Phi) is 2.68. The molecule has 2 heterocycles. The molecule has 84 valence electrons. The van der Waals surface area contributed by atoms with Crippen molar-refractivity contribution in [2.45, 2.75) is 13.0 Å². The molecule has 1 aliphatic heterocycles. The third-order valence-electron chi connectivity index (χ3n) is 2.35. The Hall–Kier alpha value is -2.16. The molecule has 0 spiro atoms. The van der Waals surface area contributed by atoms with Crippen LogP contribution >= 0.6 is 0 Å². The summed E-state index contributed by atoms with van der Waals surface area (Å²) in [6.45, 7) is 0.728. The fourth-order valence-corrected chi connectivity index (χ4v) is 1.57. The Labute approximate surface area is 91.8 Å². The molecule has 0 aromatic carbocycles. The van der Waals surface area contributed by atoms with Gasteiger partial charge in [-0.2, -0.15) is 0 Å². The van der Waals surface area contributed by atoms with Gasteiger partial charge in [-0.15, -0.1) is 6.42 Å². The highest BCUT2D eigenvalue weighted by molar-refractivity contribution is 5.65. The molecule has 1 aliphatic rings. The predicted octanol–water partition coefficient (Wildman–Crippen LogP) is 0.723. The van der Waals surface area contributed by atoms with E-state index >= 15 is 0 Å². The molecule has 6 heteroatoms. The summed E-state index contributed by atoms with van der Waals surface area (Å²) in [5.74, 6) is 3.27. The van der Waals surface area contributed by atoms with E-state index in [1.54, 1.807) is 0 Å². The summed E-state index contributed by atoms with van der Waals surface area (Å²) >= 11 is 0. The van der Waals surface area contributed by atoms with Gasteiger partial charge >= 0.3 is 6.09 Å². The Balaban J connectivity index is 2.18. The van der Waals surface area contributed by atoms with Gasteiger partial charge in [0.2, 0.25) is 0 Å². The van der Waals surface area contributed by atoms with Gasteiger partial charge in [-0.25, -0.2) is 4.79 Å². The smallest absolute Gasteiger partial charge is 0.407 e. The molecule has 2 rings (SSSR count). The van der Waals surface area contributed by atoms with Crippen LogP contribution in [0.3, 0.4) is 0 Å². The van der Waals surface area contributed by atoms with Crippen molar-refractivity contribution >= 4 is 6.09 Å². The van der Waals surface area contributed by atoms with Gasteiger partial charge in [-0.1, -0.05) is 5.92 Å². The minimum Gasteiger partial charge on any atom is -0.465 e. The number of hydrogen-bond donors (Lipinski definition) is 1. The summed E-state index contributed by atoms with van der Waals surface area (Å²) in [6.07, 6.45) is 4.60. The maximum absolute atomic E-state index is 10.8. The third-order valence-corrected chi connectivity index (χ3v) is 2.35. The Morgan fingerprint density at radius 2 is 2.56 bits per heavy atom. The molecule has 0 atom stereocenters. The van der Waals surface area contributed by atoms with Crippen molar-refractivity contribution in [3.63, 3.8) is 0 Å². The SMILES string of the molecule is C#CCOc1noc2c1CN(C(=O)O)CC2. The lowest BCUT2D eigenvalue weighted by Gasteiger charge is -2.22. The van der Waals surface area contributed by atoms with Crippen molar-refractivity contribution in [3.05, 3.63) is 11.3 Å². The largest absolute Gasteiger partial charge is 0.465 e. The second-order valence-electron chi connectivity index (χ2n) is 3.34. The zero-order chi connectivity index (χ0) is 11.5. The quantitative estimate of drug-likeness (QED) is 0.746. The van der Waals surface area contributed by atoms with E-state index < -0.39 is 6.09 Å². The second-order valence-corrected chi connectivity index (χ2v) is 3.34. The second kappa shape index (κ2) is 4.14. The highest BCUT2D eigenvalue weighted by atomic mass is 16.5. The molecule has 1 aromatic heterocycles. The maximum atomic E-state index is 10.8. The van der Waals surface area contributed by atoms with Crippen molar-refractivity contribution in [2.24, 2.45) is 0 Å². The van der Waals surface area contributed by atoms with Crippen molar-refractivity contribution in [3.8, 4) is 18.2 Å². The van der Waals surface area contributed by atoms with Crippen LogP contribution in [0.1, 0.15) is 11.3 Å². The van der Waals surface area contributed by atoms with E-state index in [0.717, 1.165) is 0 Å². The topological polar surface area (TPSA) is 75.8 Å². The van der Waals surface area contributed by atoms with Crippen LogP contribution in [0.15, 0.2) is 4.52 Å². The first kappa shape index (κ1) is 10.4. The van der Waals surface area contributed by atoms with Gasteiger partial charge < -0.3 is 19.3 Å². The normalized spacial score (nSPS) is 14.1. The first-order valence-electron chi connectivity index (χ1n) is 4.74. The number of nitrogens with zero attached hydrogens (tertiary/aromatic N) is 2. The number of fused-ring (bicyclic) bond motifs is 1. The Bertz CT molecular complexity index is 446. The summed E-state index contributed by atoms with van der Waals surface area (Å²) in [4.78, 5) is 12.1. The van der Waals surface area contributed by atoms with Gasteiger partial charge in [0.15, 0.2) is 6.61 Å². The fraction of sp³-hybridized carbons (Fsp3) is 0.400. The van der Waals surface area contributed by atoms with E-state index in [2.05, 4.69) is 11.1 Å². The van der Waals surface area contributed by atoms with Crippen LogP contribution in [0, 0.1) is 12.3 Å². The molecular weight excluding hydrogens is 212 g/mol. The number of amides is 1. The molecule has 0 unspecified atom stereocenters. The molecule has 0 saturated heterocycles. The maximum Gasteiger partial charge on any atom is 0.407 e. The van der Waals surface area contributed by atoms with Crippen LogP contribution in [0.4, 0.5) is 4.79 Å². The summed E-state index contributed by atoms with van der Waals surface area (Å²) in [7, 11) is 0. The van der Waals surface area contributed by atoms with E-state index in [-0.39, 0.29) is 13.2 Å². The highest BCUT2D eigenvalue weighted by Crippen LogP contribution is 2.27. The number of carboxylic acid groups (broad SMARTS) is 1. The molecule has 0 aliphatic carbocycles. The van der Waals surface area contributed by atoms with Crippen LogP contribution < -0.4 is 4.74 Å². The van der Waals surface area contributed by atoms with Crippen molar-refractivity contribution in [2.75, 3.05) is 13.2 Å². The van der Waals surface area contributed by atoms with Gasteiger partial charge in [-0.3, -0.25) is 0 Å². The molecule has 6 nitrogen and oxygen atoms in total. The molecule has 16 heavy (non-hydrogen) atoms. The monoisotopic (exact) mass is 222 g/mol. The third kappa shape index (κ3) is 1.80. The number of aromatic nitrogens is 1.